The Kier molecular flexibility index (Phi) is 7.67. The second kappa shape index (κ2) is 9.97. The Labute approximate surface area is 161 Å². The molecule has 0 spiro atoms. The molecule has 0 heterocycles. The third-order valence-corrected chi connectivity index (χ3v) is 4.60. The van der Waals surface area contributed by atoms with Crippen molar-refractivity contribution in [2.75, 3.05) is 6.54 Å². The molecule has 27 heavy (non-hydrogen) atoms. The van der Waals surface area contributed by atoms with E-state index in [9.17, 15) is 9.90 Å². The lowest BCUT2D eigenvalue weighted by molar-refractivity contribution is -0.135. The van der Waals surface area contributed by atoms with E-state index < -0.39 is 11.7 Å². The fourth-order valence-electron chi connectivity index (χ4n) is 2.59. The van der Waals surface area contributed by atoms with E-state index in [1.807, 2.05) is 13.0 Å². The van der Waals surface area contributed by atoms with E-state index in [2.05, 4.69) is 42.3 Å². The molecular weight excluding hydrogens is 340 g/mol. The second-order valence-electron chi connectivity index (χ2n) is 6.76. The predicted molar refractivity (Wildman–Crippen MR) is 106 cm³/mol. The lowest BCUT2D eigenvalue weighted by atomic mass is 10.0. The molecule has 0 amide bonds. The number of aliphatic hydroxyl groups is 1. The lowest BCUT2D eigenvalue weighted by Crippen LogP contribution is -2.26. The van der Waals surface area contributed by atoms with Crippen LogP contribution in [0.25, 0.3) is 0 Å². The highest BCUT2D eigenvalue weighted by Crippen LogP contribution is 2.21. The van der Waals surface area contributed by atoms with Crippen LogP contribution in [-0.2, 0) is 11.2 Å². The van der Waals surface area contributed by atoms with Crippen molar-refractivity contribution in [1.82, 2.24) is 0 Å². The van der Waals surface area contributed by atoms with E-state index in [1.54, 1.807) is 24.3 Å². The van der Waals surface area contributed by atoms with E-state index in [0.29, 0.717) is 18.7 Å². The zero-order chi connectivity index (χ0) is 19.7. The first kappa shape index (κ1) is 20.8. The van der Waals surface area contributed by atoms with Crippen LogP contribution in [0.1, 0.15) is 42.9 Å². The van der Waals surface area contributed by atoms with E-state index in [4.69, 9.17) is 4.74 Å². The maximum atomic E-state index is 11.9. The first-order valence-corrected chi connectivity index (χ1v) is 9.35. The number of para-hydroxylation sites is 1. The largest absolute Gasteiger partial charge is 0.427 e. The van der Waals surface area contributed by atoms with Crippen molar-refractivity contribution in [3.63, 3.8) is 0 Å². The predicted octanol–water partition coefficient (Wildman–Crippen LogP) is 4.78. The van der Waals surface area contributed by atoms with Crippen LogP contribution in [0.5, 0.6) is 5.75 Å². The zero-order valence-corrected chi connectivity index (χ0v) is 16.3. The van der Waals surface area contributed by atoms with Crippen molar-refractivity contribution in [2.45, 2.75) is 52.2 Å². The number of ether oxygens (including phenoxy) is 1. The van der Waals surface area contributed by atoms with Crippen LogP contribution in [0.3, 0.4) is 0 Å². The minimum Gasteiger partial charge on any atom is -0.427 e. The Hall–Kier alpha value is -2.53. The fourth-order valence-corrected chi connectivity index (χ4v) is 2.59. The number of esters is 1. The minimum absolute atomic E-state index is 0.0788. The van der Waals surface area contributed by atoms with Gasteiger partial charge in [0, 0.05) is 6.42 Å². The molecule has 0 bridgehead atoms. The van der Waals surface area contributed by atoms with Gasteiger partial charge in [0.25, 0.3) is 0 Å². The van der Waals surface area contributed by atoms with E-state index in [0.717, 1.165) is 6.42 Å². The molecule has 144 valence electrons. The Morgan fingerprint density at radius 3 is 2.52 bits per heavy atom. The molecule has 0 aliphatic heterocycles. The van der Waals surface area contributed by atoms with Gasteiger partial charge >= 0.3 is 5.97 Å². The highest BCUT2D eigenvalue weighted by Gasteiger charge is 2.25. The first-order chi connectivity index (χ1) is 12.9. The number of azo groups is 1. The Balaban J connectivity index is 1.81. The van der Waals surface area contributed by atoms with Crippen molar-refractivity contribution < 1.29 is 14.6 Å². The number of rotatable bonds is 9. The van der Waals surface area contributed by atoms with Gasteiger partial charge in [0.15, 0.2) is 5.72 Å². The SMILES string of the molecule is CCC(O)(CCC(=O)Oc1ccccc1)/N=N/CCc1ccc(C)c(C)c1. The first-order valence-electron chi connectivity index (χ1n) is 9.35. The lowest BCUT2D eigenvalue weighted by Gasteiger charge is -2.20. The molecule has 1 unspecified atom stereocenters. The molecule has 0 saturated carbocycles. The molecule has 0 aliphatic rings. The maximum Gasteiger partial charge on any atom is 0.311 e. The van der Waals surface area contributed by atoms with Crippen LogP contribution in [0.15, 0.2) is 58.8 Å². The normalized spacial score (nSPS) is 13.5. The molecule has 2 aromatic carbocycles. The standard InChI is InChI=1S/C22H28N2O3/c1-4-22(26,14-12-21(25)27-20-8-6-5-7-9-20)24-23-15-13-19-11-10-17(2)18(3)16-19/h5-11,16,26H,4,12-15H2,1-3H3/b24-23+. The summed E-state index contributed by atoms with van der Waals surface area (Å²) in [5.41, 5.74) is 2.39. The van der Waals surface area contributed by atoms with Gasteiger partial charge in [-0.15, -0.1) is 0 Å². The summed E-state index contributed by atoms with van der Waals surface area (Å²) >= 11 is 0. The maximum absolute atomic E-state index is 11.9. The minimum atomic E-state index is -1.33. The van der Waals surface area contributed by atoms with Gasteiger partial charge < -0.3 is 9.84 Å². The molecule has 0 saturated heterocycles. The van der Waals surface area contributed by atoms with Gasteiger partial charge in [-0.2, -0.15) is 10.2 Å². The van der Waals surface area contributed by atoms with Crippen molar-refractivity contribution in [3.8, 4) is 5.75 Å². The molecule has 1 N–H and O–H groups in total. The molecular formula is C22H28N2O3. The number of hydrogen-bond acceptors (Lipinski definition) is 5. The number of carbonyl (C=O) groups excluding carboxylic acids is 1. The number of carbonyl (C=O) groups is 1. The van der Waals surface area contributed by atoms with Crippen molar-refractivity contribution in [3.05, 3.63) is 65.2 Å². The van der Waals surface area contributed by atoms with Crippen LogP contribution in [0.2, 0.25) is 0 Å². The second-order valence-corrected chi connectivity index (χ2v) is 6.76. The van der Waals surface area contributed by atoms with Crippen LogP contribution < -0.4 is 4.74 Å². The number of nitrogens with zero attached hydrogens (tertiary/aromatic N) is 2. The van der Waals surface area contributed by atoms with Gasteiger partial charge in [0.2, 0.25) is 0 Å². The number of benzene rings is 2. The molecule has 2 rings (SSSR count). The molecule has 5 heteroatoms. The topological polar surface area (TPSA) is 71.2 Å². The van der Waals surface area contributed by atoms with Crippen molar-refractivity contribution >= 4 is 5.97 Å². The van der Waals surface area contributed by atoms with Gasteiger partial charge in [0.1, 0.15) is 5.75 Å². The summed E-state index contributed by atoms with van der Waals surface area (Å²) in [6.07, 6.45) is 1.41. The van der Waals surface area contributed by atoms with Gasteiger partial charge in [-0.05, 0) is 55.5 Å². The molecule has 5 nitrogen and oxygen atoms in total. The van der Waals surface area contributed by atoms with Crippen LogP contribution in [-0.4, -0.2) is 23.3 Å². The molecule has 0 aromatic heterocycles. The number of hydrogen-bond donors (Lipinski definition) is 1. The summed E-state index contributed by atoms with van der Waals surface area (Å²) in [6.45, 7) is 6.50. The molecule has 0 aliphatic carbocycles. The quantitative estimate of drug-likeness (QED) is 0.393. The molecule has 0 fully saturated rings. The zero-order valence-electron chi connectivity index (χ0n) is 16.3. The third-order valence-electron chi connectivity index (χ3n) is 4.60. The van der Waals surface area contributed by atoms with E-state index >= 15 is 0 Å². The molecule has 2 aromatic rings. The average molecular weight is 368 g/mol. The van der Waals surface area contributed by atoms with Gasteiger partial charge in [-0.25, -0.2) is 0 Å². The van der Waals surface area contributed by atoms with Crippen LogP contribution in [0.4, 0.5) is 0 Å². The Morgan fingerprint density at radius 1 is 1.11 bits per heavy atom. The Bertz CT molecular complexity index is 774. The van der Waals surface area contributed by atoms with E-state index in [-0.39, 0.29) is 12.8 Å². The summed E-state index contributed by atoms with van der Waals surface area (Å²) in [5, 5.41) is 18.8. The third kappa shape index (κ3) is 6.94. The monoisotopic (exact) mass is 368 g/mol. The fraction of sp³-hybridized carbons (Fsp3) is 0.409. The van der Waals surface area contributed by atoms with Gasteiger partial charge in [-0.3, -0.25) is 4.79 Å². The van der Waals surface area contributed by atoms with Crippen LogP contribution >= 0.6 is 0 Å². The van der Waals surface area contributed by atoms with Crippen molar-refractivity contribution in [2.24, 2.45) is 10.2 Å². The molecule has 0 radical (unpaired) electrons. The highest BCUT2D eigenvalue weighted by atomic mass is 16.5. The number of aryl methyl sites for hydroxylation is 2. The summed E-state index contributed by atoms with van der Waals surface area (Å²) < 4.78 is 5.24. The average Bonchev–Trinajstić information content (AvgIpc) is 2.67. The van der Waals surface area contributed by atoms with Crippen LogP contribution in [0, 0.1) is 13.8 Å². The molecule has 1 atom stereocenters. The van der Waals surface area contributed by atoms with Gasteiger partial charge in [0.05, 0.1) is 13.0 Å². The smallest absolute Gasteiger partial charge is 0.311 e. The van der Waals surface area contributed by atoms with Gasteiger partial charge in [-0.1, -0.05) is 43.3 Å². The highest BCUT2D eigenvalue weighted by molar-refractivity contribution is 5.72. The summed E-state index contributed by atoms with van der Waals surface area (Å²) in [5.74, 6) is 0.107. The summed E-state index contributed by atoms with van der Waals surface area (Å²) in [4.78, 5) is 11.9. The van der Waals surface area contributed by atoms with Crippen molar-refractivity contribution in [1.29, 1.82) is 0 Å². The summed E-state index contributed by atoms with van der Waals surface area (Å²) in [7, 11) is 0. The Morgan fingerprint density at radius 2 is 1.85 bits per heavy atom. The summed E-state index contributed by atoms with van der Waals surface area (Å²) in [6, 6.07) is 15.2. The van der Waals surface area contributed by atoms with E-state index in [1.165, 1.54) is 16.7 Å².